The number of nitrogens with two attached hydrogens (primary N) is 1. The summed E-state index contributed by atoms with van der Waals surface area (Å²) in [6.45, 7) is 0.123. The maximum atomic E-state index is 14.2. The van der Waals surface area contributed by atoms with E-state index < -0.39 is 24.0 Å². The van der Waals surface area contributed by atoms with Gasteiger partial charge in [-0.2, -0.15) is 0 Å². The van der Waals surface area contributed by atoms with Crippen molar-refractivity contribution >= 4 is 11.9 Å². The fraction of sp³-hybridized carbons (Fsp3) is 0.259. The van der Waals surface area contributed by atoms with E-state index in [0.717, 1.165) is 17.5 Å². The van der Waals surface area contributed by atoms with Gasteiger partial charge in [0, 0.05) is 6.54 Å². The highest BCUT2D eigenvalue weighted by Crippen LogP contribution is 2.25. The molecule has 3 aromatic carbocycles. The molecule has 1 aliphatic rings. The summed E-state index contributed by atoms with van der Waals surface area (Å²) in [5, 5.41) is 26.2. The minimum absolute atomic E-state index is 0.0525. The first kappa shape index (κ1) is 24.2. The predicted octanol–water partition coefficient (Wildman–Crippen LogP) is 3.42. The van der Waals surface area contributed by atoms with Crippen molar-refractivity contribution in [1.29, 1.82) is 0 Å². The number of aryl methyl sites for hydroxylation is 1. The molecule has 1 saturated heterocycles. The van der Waals surface area contributed by atoms with Crippen molar-refractivity contribution in [3.63, 3.8) is 0 Å². The first-order valence-electron chi connectivity index (χ1n) is 11.6. The number of urea groups is 1. The zero-order valence-corrected chi connectivity index (χ0v) is 19.2. The number of nitrogens with one attached hydrogen (secondary N) is 1. The molecule has 0 bridgehead atoms. The van der Waals surface area contributed by atoms with Gasteiger partial charge in [0.2, 0.25) is 0 Å². The molecule has 0 aliphatic carbocycles. The molecule has 35 heavy (non-hydrogen) atoms. The van der Waals surface area contributed by atoms with E-state index in [1.54, 1.807) is 11.0 Å². The third-order valence-electron chi connectivity index (χ3n) is 6.42. The number of halogens is 1. The normalized spacial score (nSPS) is 20.5. The van der Waals surface area contributed by atoms with Gasteiger partial charge >= 0.3 is 6.03 Å². The largest absolute Gasteiger partial charge is 0.409 e. The van der Waals surface area contributed by atoms with Gasteiger partial charge in [-0.05, 0) is 48.1 Å². The molecule has 1 heterocycles. The molecule has 0 unspecified atom stereocenters. The second kappa shape index (κ2) is 11.0. The Morgan fingerprint density at radius 1 is 1.00 bits per heavy atom. The van der Waals surface area contributed by atoms with E-state index in [1.807, 2.05) is 60.7 Å². The number of rotatable bonds is 8. The van der Waals surface area contributed by atoms with E-state index in [0.29, 0.717) is 18.4 Å². The molecule has 5 N–H and O–H groups in total. The summed E-state index contributed by atoms with van der Waals surface area (Å²) in [7, 11) is 0. The van der Waals surface area contributed by atoms with Crippen LogP contribution in [0.3, 0.4) is 0 Å². The quantitative estimate of drug-likeness (QED) is 0.173. The van der Waals surface area contributed by atoms with E-state index in [9.17, 15) is 14.3 Å². The maximum absolute atomic E-state index is 14.2. The van der Waals surface area contributed by atoms with Gasteiger partial charge in [0.05, 0.1) is 23.8 Å². The van der Waals surface area contributed by atoms with Crippen molar-refractivity contribution in [3.05, 3.63) is 107 Å². The van der Waals surface area contributed by atoms with E-state index in [2.05, 4.69) is 10.5 Å². The fourth-order valence-corrected chi connectivity index (χ4v) is 4.53. The lowest BCUT2D eigenvalue weighted by Gasteiger charge is -2.44. The molecule has 1 aliphatic heterocycles. The molecule has 7 nitrogen and oxygen atoms in total. The second-order valence-corrected chi connectivity index (χ2v) is 8.76. The number of carbonyl (C=O) groups is 1. The third kappa shape index (κ3) is 5.78. The lowest BCUT2D eigenvalue weighted by Crippen LogP contribution is -2.65. The minimum Gasteiger partial charge on any atom is -0.409 e. The van der Waals surface area contributed by atoms with Crippen LogP contribution in [-0.2, 0) is 19.4 Å². The molecule has 182 valence electrons. The number of carbonyl (C=O) groups excluding carboxylic acids is 1. The molecule has 8 heteroatoms. The van der Waals surface area contributed by atoms with Crippen molar-refractivity contribution in [1.82, 2.24) is 10.2 Å². The predicted molar refractivity (Wildman–Crippen MR) is 131 cm³/mol. The van der Waals surface area contributed by atoms with Gasteiger partial charge in [-0.1, -0.05) is 71.9 Å². The first-order chi connectivity index (χ1) is 17.0. The molecule has 3 atom stereocenters. The Hall–Kier alpha value is -3.91. The number of amides is 2. The number of oxime groups is 1. The van der Waals surface area contributed by atoms with Gasteiger partial charge in [0.25, 0.3) is 0 Å². The molecule has 0 saturated carbocycles. The van der Waals surface area contributed by atoms with Crippen molar-refractivity contribution < 1.29 is 19.5 Å². The highest BCUT2D eigenvalue weighted by atomic mass is 19.1. The highest BCUT2D eigenvalue weighted by molar-refractivity contribution is 5.97. The van der Waals surface area contributed by atoms with Crippen molar-refractivity contribution in [2.45, 2.75) is 44.0 Å². The van der Waals surface area contributed by atoms with Crippen molar-refractivity contribution in [2.24, 2.45) is 10.9 Å². The summed E-state index contributed by atoms with van der Waals surface area (Å²) in [6, 6.07) is 22.6. The fourth-order valence-electron chi connectivity index (χ4n) is 4.53. The van der Waals surface area contributed by atoms with Crippen LogP contribution in [0.1, 0.15) is 28.7 Å². The van der Waals surface area contributed by atoms with Crippen LogP contribution < -0.4 is 11.1 Å². The molecule has 2 amide bonds. The zero-order chi connectivity index (χ0) is 24.8. The Balaban J connectivity index is 1.58. The molecule has 0 aromatic heterocycles. The smallest absolute Gasteiger partial charge is 0.318 e. The average molecular weight is 477 g/mol. The minimum atomic E-state index is -0.819. The van der Waals surface area contributed by atoms with Crippen LogP contribution in [0.5, 0.6) is 0 Å². The lowest BCUT2D eigenvalue weighted by atomic mass is 9.89. The van der Waals surface area contributed by atoms with Gasteiger partial charge in [-0.3, -0.25) is 0 Å². The number of amidine groups is 1. The van der Waals surface area contributed by atoms with Crippen LogP contribution in [0.4, 0.5) is 9.18 Å². The zero-order valence-electron chi connectivity index (χ0n) is 19.2. The van der Waals surface area contributed by atoms with Gasteiger partial charge in [-0.25, -0.2) is 9.18 Å². The Morgan fingerprint density at radius 2 is 1.66 bits per heavy atom. The van der Waals surface area contributed by atoms with Gasteiger partial charge in [-0.15, -0.1) is 0 Å². The van der Waals surface area contributed by atoms with Crippen LogP contribution in [0, 0.1) is 5.82 Å². The number of hydrogen-bond acceptors (Lipinski definition) is 4. The maximum Gasteiger partial charge on any atom is 0.318 e. The van der Waals surface area contributed by atoms with E-state index in [1.165, 1.54) is 12.1 Å². The van der Waals surface area contributed by atoms with Gasteiger partial charge in [0.15, 0.2) is 5.84 Å². The highest BCUT2D eigenvalue weighted by Gasteiger charge is 2.40. The molecular formula is C27H29FN4O3. The van der Waals surface area contributed by atoms with Crippen LogP contribution in [-0.4, -0.2) is 45.3 Å². The van der Waals surface area contributed by atoms with E-state index in [4.69, 9.17) is 10.9 Å². The number of aliphatic hydroxyl groups is 1. The van der Waals surface area contributed by atoms with Crippen LogP contribution in [0.25, 0.3) is 0 Å². The summed E-state index contributed by atoms with van der Waals surface area (Å²) in [6.07, 6.45) is 0.967. The Kier molecular flexibility index (Phi) is 7.62. The molecule has 0 radical (unpaired) electrons. The Labute approximate surface area is 203 Å². The average Bonchev–Trinajstić information content (AvgIpc) is 2.89. The Bertz CT molecular complexity index is 1170. The van der Waals surface area contributed by atoms with Crippen molar-refractivity contribution in [2.75, 3.05) is 0 Å². The van der Waals surface area contributed by atoms with Crippen molar-refractivity contribution in [3.8, 4) is 0 Å². The number of hydrogen-bond donors (Lipinski definition) is 4. The molecule has 1 fully saturated rings. The summed E-state index contributed by atoms with van der Waals surface area (Å²) in [5.41, 5.74) is 8.28. The molecular weight excluding hydrogens is 447 g/mol. The topological polar surface area (TPSA) is 111 Å². The summed E-state index contributed by atoms with van der Waals surface area (Å²) >= 11 is 0. The number of nitrogens with zero attached hydrogens (tertiary/aromatic N) is 2. The van der Waals surface area contributed by atoms with Crippen LogP contribution >= 0.6 is 0 Å². The van der Waals surface area contributed by atoms with Crippen LogP contribution in [0.2, 0.25) is 0 Å². The summed E-state index contributed by atoms with van der Waals surface area (Å²) in [5.74, 6) is -0.983. The summed E-state index contributed by atoms with van der Waals surface area (Å²) in [4.78, 5) is 14.8. The third-order valence-corrected chi connectivity index (χ3v) is 6.42. The SMILES string of the molecule is N/C(=N/O)c1cc(CN2C(=O)N[C@H](CCc3ccccc3)[C@@H](O)[C@H]2Cc2ccccc2)ccc1F. The number of benzene rings is 3. The second-order valence-electron chi connectivity index (χ2n) is 8.76. The van der Waals surface area contributed by atoms with E-state index in [-0.39, 0.29) is 24.0 Å². The standard InChI is InChI=1S/C27H29FN4O3/c28-22-13-11-20(15-21(22)26(29)31-35)17-32-24(16-19-9-5-2-6-10-19)25(33)23(30-27(32)34)14-12-18-7-3-1-4-8-18/h1-11,13,15,23-25,33,35H,12,14,16-17H2,(H2,29,31)(H,30,34)/t23-,24-,25-/m1/s1. The lowest BCUT2D eigenvalue weighted by molar-refractivity contribution is 0.0100. The van der Waals surface area contributed by atoms with Gasteiger partial charge < -0.3 is 26.3 Å². The monoisotopic (exact) mass is 476 g/mol. The molecule has 0 spiro atoms. The number of aliphatic hydroxyl groups excluding tert-OH is 1. The molecule has 4 rings (SSSR count). The Morgan fingerprint density at radius 3 is 2.31 bits per heavy atom. The molecule has 3 aromatic rings. The van der Waals surface area contributed by atoms with E-state index >= 15 is 0 Å². The van der Waals surface area contributed by atoms with Crippen LogP contribution in [0.15, 0.2) is 84.0 Å². The summed E-state index contributed by atoms with van der Waals surface area (Å²) < 4.78 is 14.2. The van der Waals surface area contributed by atoms with Gasteiger partial charge in [0.1, 0.15) is 5.82 Å². The first-order valence-corrected chi connectivity index (χ1v) is 11.6.